The third-order valence-electron chi connectivity index (χ3n) is 5.02. The molecule has 0 radical (unpaired) electrons. The Kier molecular flexibility index (Phi) is 4.65. The second-order valence-corrected chi connectivity index (χ2v) is 7.03. The summed E-state index contributed by atoms with van der Waals surface area (Å²) < 4.78 is 5.49. The zero-order chi connectivity index (χ0) is 14.9. The molecule has 2 heterocycles. The highest BCUT2D eigenvalue weighted by molar-refractivity contribution is 6.36. The molecule has 2 aliphatic heterocycles. The van der Waals surface area contributed by atoms with Crippen molar-refractivity contribution in [3.63, 3.8) is 0 Å². The maximum absolute atomic E-state index is 9.73. The molecule has 0 unspecified atom stereocenters. The largest absolute Gasteiger partial charge is 0.506 e. The van der Waals surface area contributed by atoms with Crippen LogP contribution in [0.15, 0.2) is 12.1 Å². The Balaban J connectivity index is 1.64. The summed E-state index contributed by atoms with van der Waals surface area (Å²) in [5.41, 5.74) is 1.32. The zero-order valence-corrected chi connectivity index (χ0v) is 13.6. The van der Waals surface area contributed by atoms with E-state index in [1.807, 2.05) is 0 Å². The summed E-state index contributed by atoms with van der Waals surface area (Å²) in [6.45, 7) is 4.64. The lowest BCUT2D eigenvalue weighted by Gasteiger charge is -2.44. The minimum absolute atomic E-state index is 0.106. The van der Waals surface area contributed by atoms with Gasteiger partial charge in [0.1, 0.15) is 5.75 Å². The number of hydrogen-bond acceptors (Lipinski definition) is 3. The van der Waals surface area contributed by atoms with Crippen LogP contribution in [0.25, 0.3) is 0 Å². The van der Waals surface area contributed by atoms with Crippen LogP contribution >= 0.6 is 23.2 Å². The highest BCUT2D eigenvalue weighted by Crippen LogP contribution is 2.41. The van der Waals surface area contributed by atoms with E-state index in [9.17, 15) is 5.11 Å². The van der Waals surface area contributed by atoms with E-state index in [1.54, 1.807) is 12.1 Å². The number of rotatable bonds is 2. The van der Waals surface area contributed by atoms with Gasteiger partial charge in [-0.15, -0.1) is 0 Å². The van der Waals surface area contributed by atoms with E-state index >= 15 is 0 Å². The lowest BCUT2D eigenvalue weighted by Crippen LogP contribution is -2.42. The summed E-state index contributed by atoms with van der Waals surface area (Å²) in [6, 6.07) is 3.25. The van der Waals surface area contributed by atoms with Gasteiger partial charge >= 0.3 is 0 Å². The number of phenols is 1. The van der Waals surface area contributed by atoms with Crippen molar-refractivity contribution in [1.82, 2.24) is 4.90 Å². The Morgan fingerprint density at radius 3 is 2.43 bits per heavy atom. The lowest BCUT2D eigenvalue weighted by molar-refractivity contribution is -0.0217. The quantitative estimate of drug-likeness (QED) is 0.886. The molecule has 3 nitrogen and oxygen atoms in total. The number of benzene rings is 1. The molecule has 0 aromatic heterocycles. The van der Waals surface area contributed by atoms with Crippen molar-refractivity contribution in [2.75, 3.05) is 26.3 Å². The molecule has 116 valence electrons. The first-order valence-electron chi connectivity index (χ1n) is 7.56. The molecule has 0 bridgehead atoms. The summed E-state index contributed by atoms with van der Waals surface area (Å²) in [4.78, 5) is 2.38. The molecule has 0 aliphatic carbocycles. The molecule has 0 amide bonds. The van der Waals surface area contributed by atoms with Gasteiger partial charge < -0.3 is 9.84 Å². The molecular weight excluding hydrogens is 309 g/mol. The van der Waals surface area contributed by atoms with Crippen LogP contribution in [0.3, 0.4) is 0 Å². The third-order valence-corrected chi connectivity index (χ3v) is 5.79. The first kappa shape index (κ1) is 15.4. The Morgan fingerprint density at radius 2 is 1.76 bits per heavy atom. The molecule has 0 saturated carbocycles. The first-order valence-corrected chi connectivity index (χ1v) is 8.31. The van der Waals surface area contributed by atoms with Gasteiger partial charge in [0.2, 0.25) is 0 Å². The number of piperidine rings is 1. The number of ether oxygens (including phenoxy) is 1. The normalized spacial score (nSPS) is 22.6. The van der Waals surface area contributed by atoms with E-state index in [-0.39, 0.29) is 5.75 Å². The van der Waals surface area contributed by atoms with Gasteiger partial charge in [-0.3, -0.25) is 4.90 Å². The average Bonchev–Trinajstić information content (AvgIpc) is 2.51. The van der Waals surface area contributed by atoms with Gasteiger partial charge in [0.25, 0.3) is 0 Å². The fourth-order valence-corrected chi connectivity index (χ4v) is 3.93. The van der Waals surface area contributed by atoms with E-state index < -0.39 is 0 Å². The monoisotopic (exact) mass is 329 g/mol. The first-order chi connectivity index (χ1) is 10.1. The van der Waals surface area contributed by atoms with Gasteiger partial charge in [-0.05, 0) is 56.3 Å². The van der Waals surface area contributed by atoms with Crippen LogP contribution in [0.4, 0.5) is 0 Å². The number of hydrogen-bond donors (Lipinski definition) is 1. The Morgan fingerprint density at radius 1 is 1.10 bits per heavy atom. The van der Waals surface area contributed by atoms with Crippen molar-refractivity contribution in [3.05, 3.63) is 27.7 Å². The van der Waals surface area contributed by atoms with Crippen molar-refractivity contribution in [2.45, 2.75) is 32.2 Å². The molecule has 1 aromatic carbocycles. The van der Waals surface area contributed by atoms with Gasteiger partial charge in [-0.2, -0.15) is 0 Å². The predicted octanol–water partition coefficient (Wildman–Crippen LogP) is 4.09. The van der Waals surface area contributed by atoms with Gasteiger partial charge in [-0.25, -0.2) is 0 Å². The maximum atomic E-state index is 9.73. The topological polar surface area (TPSA) is 32.7 Å². The SMILES string of the molecule is Oc1ccc(Cl)c(CN2CCC3(CCOCC3)CC2)c1Cl. The van der Waals surface area contributed by atoms with Gasteiger partial charge in [0.15, 0.2) is 0 Å². The van der Waals surface area contributed by atoms with Gasteiger partial charge in [0, 0.05) is 30.3 Å². The van der Waals surface area contributed by atoms with E-state index in [1.165, 1.54) is 25.7 Å². The number of halogens is 2. The highest BCUT2D eigenvalue weighted by Gasteiger charge is 2.36. The Labute approximate surface area is 135 Å². The van der Waals surface area contributed by atoms with E-state index in [0.29, 0.717) is 22.0 Å². The summed E-state index contributed by atoms with van der Waals surface area (Å²) >= 11 is 12.4. The maximum Gasteiger partial charge on any atom is 0.134 e. The summed E-state index contributed by atoms with van der Waals surface area (Å²) in [5, 5.41) is 10.7. The molecule has 1 aromatic rings. The van der Waals surface area contributed by atoms with Crippen LogP contribution in [-0.4, -0.2) is 36.3 Å². The van der Waals surface area contributed by atoms with Crippen LogP contribution < -0.4 is 0 Å². The predicted molar refractivity (Wildman–Crippen MR) is 85.1 cm³/mol. The van der Waals surface area contributed by atoms with Crippen LogP contribution in [-0.2, 0) is 11.3 Å². The van der Waals surface area contributed by atoms with E-state index in [4.69, 9.17) is 27.9 Å². The van der Waals surface area contributed by atoms with Crippen molar-refractivity contribution >= 4 is 23.2 Å². The third kappa shape index (κ3) is 3.31. The standard InChI is InChI=1S/C16H21Cl2NO2/c17-13-1-2-14(20)15(18)12(13)11-19-7-3-16(4-8-19)5-9-21-10-6-16/h1-2,20H,3-11H2. The van der Waals surface area contributed by atoms with Crippen molar-refractivity contribution in [3.8, 4) is 5.75 Å². The fourth-order valence-electron chi connectivity index (χ4n) is 3.44. The molecule has 2 aliphatic rings. The number of aromatic hydroxyl groups is 1. The minimum Gasteiger partial charge on any atom is -0.506 e. The van der Waals surface area contributed by atoms with Crippen molar-refractivity contribution < 1.29 is 9.84 Å². The molecule has 2 saturated heterocycles. The smallest absolute Gasteiger partial charge is 0.134 e. The number of likely N-dealkylation sites (tertiary alicyclic amines) is 1. The van der Waals surface area contributed by atoms with Crippen LogP contribution in [0, 0.1) is 5.41 Å². The average molecular weight is 330 g/mol. The van der Waals surface area contributed by atoms with E-state index in [0.717, 1.165) is 31.9 Å². The molecule has 1 N–H and O–H groups in total. The highest BCUT2D eigenvalue weighted by atomic mass is 35.5. The number of nitrogens with zero attached hydrogens (tertiary/aromatic N) is 1. The van der Waals surface area contributed by atoms with Gasteiger partial charge in [-0.1, -0.05) is 23.2 Å². The van der Waals surface area contributed by atoms with Gasteiger partial charge in [0.05, 0.1) is 5.02 Å². The Hall–Kier alpha value is -0.480. The molecular formula is C16H21Cl2NO2. The Bertz CT molecular complexity index is 505. The molecule has 2 fully saturated rings. The summed E-state index contributed by atoms with van der Waals surface area (Å²) in [6.07, 6.45) is 4.80. The summed E-state index contributed by atoms with van der Waals surface area (Å²) in [7, 11) is 0. The van der Waals surface area contributed by atoms with Crippen LogP contribution in [0.5, 0.6) is 5.75 Å². The molecule has 0 atom stereocenters. The van der Waals surface area contributed by atoms with Crippen molar-refractivity contribution in [2.24, 2.45) is 5.41 Å². The van der Waals surface area contributed by atoms with E-state index in [2.05, 4.69) is 4.90 Å². The number of phenolic OH excluding ortho intramolecular Hbond substituents is 1. The molecule has 3 rings (SSSR count). The second-order valence-electron chi connectivity index (χ2n) is 6.25. The molecule has 21 heavy (non-hydrogen) atoms. The fraction of sp³-hybridized carbons (Fsp3) is 0.625. The lowest BCUT2D eigenvalue weighted by atomic mass is 9.72. The van der Waals surface area contributed by atoms with Crippen LogP contribution in [0.1, 0.15) is 31.2 Å². The minimum atomic E-state index is 0.106. The molecule has 5 heteroatoms. The second kappa shape index (κ2) is 6.33. The summed E-state index contributed by atoms with van der Waals surface area (Å²) in [5.74, 6) is 0.106. The van der Waals surface area contributed by atoms with Crippen LogP contribution in [0.2, 0.25) is 10.0 Å². The van der Waals surface area contributed by atoms with Crippen molar-refractivity contribution in [1.29, 1.82) is 0 Å². The molecule has 1 spiro atoms. The zero-order valence-electron chi connectivity index (χ0n) is 12.1.